The summed E-state index contributed by atoms with van der Waals surface area (Å²) in [5.41, 5.74) is 1.61. The minimum absolute atomic E-state index is 0.0522. The third-order valence-corrected chi connectivity index (χ3v) is 4.68. The smallest absolute Gasteiger partial charge is 0.269 e. The van der Waals surface area contributed by atoms with Gasteiger partial charge in [0.15, 0.2) is 0 Å². The number of rotatable bonds is 11. The summed E-state index contributed by atoms with van der Waals surface area (Å²) < 4.78 is 5.79. The van der Waals surface area contributed by atoms with Gasteiger partial charge in [-0.1, -0.05) is 63.7 Å². The summed E-state index contributed by atoms with van der Waals surface area (Å²) in [5.74, 6) is 12.3. The van der Waals surface area contributed by atoms with E-state index in [1.807, 2.05) is 24.3 Å². The van der Waals surface area contributed by atoms with Gasteiger partial charge in [0.05, 0.1) is 11.5 Å². The Labute approximate surface area is 179 Å². The molecule has 30 heavy (non-hydrogen) atoms. The summed E-state index contributed by atoms with van der Waals surface area (Å²) in [6.45, 7) is 3.00. The molecule has 0 aromatic heterocycles. The van der Waals surface area contributed by atoms with E-state index in [9.17, 15) is 10.1 Å². The molecule has 0 unspecified atom stereocenters. The lowest BCUT2D eigenvalue weighted by molar-refractivity contribution is -0.384. The maximum absolute atomic E-state index is 10.6. The van der Waals surface area contributed by atoms with Crippen molar-refractivity contribution >= 4 is 5.69 Å². The van der Waals surface area contributed by atoms with Crippen LogP contribution in [0.4, 0.5) is 5.69 Å². The molecule has 2 aromatic rings. The lowest BCUT2D eigenvalue weighted by atomic mass is 10.1. The molecular weight excluding hydrogens is 374 g/mol. The minimum Gasteiger partial charge on any atom is -0.494 e. The van der Waals surface area contributed by atoms with Crippen LogP contribution in [-0.4, -0.2) is 11.5 Å². The van der Waals surface area contributed by atoms with Gasteiger partial charge >= 0.3 is 0 Å². The molecule has 0 spiro atoms. The number of hydrogen-bond acceptors (Lipinski definition) is 3. The molecule has 4 nitrogen and oxygen atoms in total. The monoisotopic (exact) mass is 403 g/mol. The van der Waals surface area contributed by atoms with Gasteiger partial charge in [0.25, 0.3) is 5.69 Å². The third-order valence-electron chi connectivity index (χ3n) is 4.68. The van der Waals surface area contributed by atoms with Crippen LogP contribution in [0.15, 0.2) is 48.5 Å². The van der Waals surface area contributed by atoms with E-state index in [-0.39, 0.29) is 5.69 Å². The highest BCUT2D eigenvalue weighted by Crippen LogP contribution is 2.14. The van der Waals surface area contributed by atoms with Crippen molar-refractivity contribution in [2.45, 2.75) is 58.3 Å². The summed E-state index contributed by atoms with van der Waals surface area (Å²) in [5, 5.41) is 10.6. The zero-order chi connectivity index (χ0) is 21.4. The van der Waals surface area contributed by atoms with Crippen LogP contribution in [0.5, 0.6) is 5.75 Å². The Morgan fingerprint density at radius 3 is 1.80 bits per heavy atom. The largest absolute Gasteiger partial charge is 0.494 e. The van der Waals surface area contributed by atoms with E-state index in [1.165, 1.54) is 57.1 Å². The molecule has 0 heterocycles. The standard InChI is InChI=1S/C26H29NO3/c1-2-3-4-5-6-7-8-11-22-30-26-20-16-24(17-21-26)13-10-9-12-23-14-18-25(19-15-23)27(28)29/h14-21H,2-8,11,22H2,1H3. The highest BCUT2D eigenvalue weighted by molar-refractivity contribution is 5.47. The fourth-order valence-electron chi connectivity index (χ4n) is 2.93. The Balaban J connectivity index is 1.68. The predicted octanol–water partition coefficient (Wildman–Crippen LogP) is 6.52. The topological polar surface area (TPSA) is 52.4 Å². The number of non-ortho nitro benzene ring substituents is 1. The molecule has 0 aliphatic carbocycles. The highest BCUT2D eigenvalue weighted by Gasteiger charge is 2.02. The van der Waals surface area contributed by atoms with E-state index in [1.54, 1.807) is 12.1 Å². The normalized spacial score (nSPS) is 9.77. The average molecular weight is 404 g/mol. The molecule has 0 aliphatic heterocycles. The van der Waals surface area contributed by atoms with Crippen molar-refractivity contribution in [1.29, 1.82) is 0 Å². The third kappa shape index (κ3) is 9.30. The number of benzene rings is 2. The van der Waals surface area contributed by atoms with Gasteiger partial charge in [-0.3, -0.25) is 10.1 Å². The van der Waals surface area contributed by atoms with Crippen LogP contribution < -0.4 is 4.74 Å². The van der Waals surface area contributed by atoms with Gasteiger partial charge in [0, 0.05) is 23.3 Å². The predicted molar refractivity (Wildman–Crippen MR) is 121 cm³/mol. The van der Waals surface area contributed by atoms with Gasteiger partial charge in [0.1, 0.15) is 5.75 Å². The summed E-state index contributed by atoms with van der Waals surface area (Å²) in [6.07, 6.45) is 10.3. The van der Waals surface area contributed by atoms with Crippen molar-refractivity contribution < 1.29 is 9.66 Å². The first-order chi connectivity index (χ1) is 14.7. The number of nitro groups is 1. The molecule has 0 bridgehead atoms. The molecule has 0 radical (unpaired) electrons. The van der Waals surface area contributed by atoms with E-state index < -0.39 is 4.92 Å². The zero-order valence-electron chi connectivity index (χ0n) is 17.7. The zero-order valence-corrected chi connectivity index (χ0v) is 17.7. The fourth-order valence-corrected chi connectivity index (χ4v) is 2.93. The van der Waals surface area contributed by atoms with Crippen molar-refractivity contribution in [3.05, 3.63) is 69.8 Å². The molecule has 0 atom stereocenters. The van der Waals surface area contributed by atoms with Crippen molar-refractivity contribution in [2.24, 2.45) is 0 Å². The number of unbranched alkanes of at least 4 members (excludes halogenated alkanes) is 7. The van der Waals surface area contributed by atoms with E-state index in [0.29, 0.717) is 5.56 Å². The lowest BCUT2D eigenvalue weighted by Gasteiger charge is -2.06. The Morgan fingerprint density at radius 2 is 1.27 bits per heavy atom. The van der Waals surface area contributed by atoms with Crippen LogP contribution in [0.25, 0.3) is 0 Å². The quantitative estimate of drug-likeness (QED) is 0.186. The van der Waals surface area contributed by atoms with Crippen molar-refractivity contribution in [2.75, 3.05) is 6.61 Å². The second-order valence-corrected chi connectivity index (χ2v) is 7.15. The van der Waals surface area contributed by atoms with Crippen LogP contribution in [0.1, 0.15) is 69.4 Å². The SMILES string of the molecule is CCCCCCCCCCOc1ccc(C#CC#Cc2ccc([N+](=O)[O-])cc2)cc1. The molecular formula is C26H29NO3. The molecule has 0 aliphatic rings. The summed E-state index contributed by atoms with van der Waals surface area (Å²) >= 11 is 0. The van der Waals surface area contributed by atoms with Crippen LogP contribution in [-0.2, 0) is 0 Å². The van der Waals surface area contributed by atoms with Crippen LogP contribution in [0.3, 0.4) is 0 Å². The van der Waals surface area contributed by atoms with Crippen molar-refractivity contribution in [1.82, 2.24) is 0 Å². The van der Waals surface area contributed by atoms with Crippen LogP contribution in [0, 0.1) is 33.8 Å². The van der Waals surface area contributed by atoms with E-state index in [4.69, 9.17) is 4.74 Å². The first-order valence-electron chi connectivity index (χ1n) is 10.7. The maximum Gasteiger partial charge on any atom is 0.269 e. The first kappa shape index (κ1) is 23.0. The van der Waals surface area contributed by atoms with Gasteiger partial charge in [-0.25, -0.2) is 0 Å². The van der Waals surface area contributed by atoms with E-state index in [0.717, 1.165) is 24.3 Å². The Morgan fingerprint density at radius 1 is 0.767 bits per heavy atom. The van der Waals surface area contributed by atoms with Gasteiger partial charge in [0.2, 0.25) is 0 Å². The molecule has 0 saturated carbocycles. The molecule has 156 valence electrons. The van der Waals surface area contributed by atoms with Crippen molar-refractivity contribution in [3.8, 4) is 29.4 Å². The summed E-state index contributed by atoms with van der Waals surface area (Å²) in [6, 6.07) is 13.8. The van der Waals surface area contributed by atoms with Gasteiger partial charge < -0.3 is 4.74 Å². The molecule has 4 heteroatoms. The molecule has 0 saturated heterocycles. The van der Waals surface area contributed by atoms with Crippen LogP contribution >= 0.6 is 0 Å². The average Bonchev–Trinajstić information content (AvgIpc) is 2.77. The Kier molecular flexibility index (Phi) is 10.6. The van der Waals surface area contributed by atoms with Gasteiger partial charge in [-0.05, 0) is 54.7 Å². The molecule has 0 fully saturated rings. The van der Waals surface area contributed by atoms with Gasteiger partial charge in [-0.15, -0.1) is 0 Å². The Bertz CT molecular complexity index is 894. The number of nitro benzene ring substituents is 1. The van der Waals surface area contributed by atoms with E-state index in [2.05, 4.69) is 30.6 Å². The molecule has 2 rings (SSSR count). The lowest BCUT2D eigenvalue weighted by Crippen LogP contribution is -1.97. The van der Waals surface area contributed by atoms with Crippen molar-refractivity contribution in [3.63, 3.8) is 0 Å². The minimum atomic E-state index is -0.431. The second-order valence-electron chi connectivity index (χ2n) is 7.15. The number of hydrogen-bond donors (Lipinski definition) is 0. The summed E-state index contributed by atoms with van der Waals surface area (Å²) in [7, 11) is 0. The molecule has 0 amide bonds. The second kappa shape index (κ2) is 13.9. The number of nitrogens with zero attached hydrogens (tertiary/aromatic N) is 1. The molecule has 0 N–H and O–H groups in total. The van der Waals surface area contributed by atoms with Crippen LogP contribution in [0.2, 0.25) is 0 Å². The van der Waals surface area contributed by atoms with Gasteiger partial charge in [-0.2, -0.15) is 0 Å². The number of ether oxygens (including phenoxy) is 1. The highest BCUT2D eigenvalue weighted by atomic mass is 16.6. The van der Waals surface area contributed by atoms with E-state index >= 15 is 0 Å². The Hall–Kier alpha value is -3.24. The molecule has 2 aromatic carbocycles. The summed E-state index contributed by atoms with van der Waals surface area (Å²) in [4.78, 5) is 10.2. The fraction of sp³-hybridized carbons (Fsp3) is 0.385. The first-order valence-corrected chi connectivity index (χ1v) is 10.7. The maximum atomic E-state index is 10.6.